The highest BCUT2D eigenvalue weighted by atomic mass is 28.4. The molecule has 13 heteroatoms. The van der Waals surface area contributed by atoms with Crippen molar-refractivity contribution in [2.24, 2.45) is 5.92 Å². The van der Waals surface area contributed by atoms with Crippen molar-refractivity contribution < 1.29 is 28.3 Å². The van der Waals surface area contributed by atoms with Crippen LogP contribution in [0.15, 0.2) is 109 Å². The number of aliphatic hydroxyl groups excluding tert-OH is 1. The smallest absolute Gasteiger partial charge is 0.264 e. The number of nitrogens with zero attached hydrogens (tertiary/aromatic N) is 4. The molecular weight excluding hydrogens is 704 g/mol. The number of anilines is 3. The molecule has 4 atom stereocenters. The molecule has 0 bridgehead atoms. The number of fused-ring (bicyclic) bond motifs is 2. The van der Waals surface area contributed by atoms with Crippen molar-refractivity contribution >= 4 is 43.2 Å². The van der Waals surface area contributed by atoms with E-state index < -0.39 is 31.6 Å². The highest BCUT2D eigenvalue weighted by molar-refractivity contribution is 6.72. The molecule has 11 nitrogen and oxygen atoms in total. The van der Waals surface area contributed by atoms with Crippen molar-refractivity contribution in [3.05, 3.63) is 137 Å². The van der Waals surface area contributed by atoms with E-state index in [4.69, 9.17) is 4.74 Å². The summed E-state index contributed by atoms with van der Waals surface area (Å²) in [6.07, 6.45) is 1.90. The van der Waals surface area contributed by atoms with Crippen molar-refractivity contribution in [1.29, 1.82) is 0 Å². The van der Waals surface area contributed by atoms with Crippen LogP contribution < -0.4 is 15.5 Å². The molecule has 1 saturated heterocycles. The third-order valence-corrected chi connectivity index (χ3v) is 12.9. The largest absolute Gasteiger partial charge is 0.396 e. The van der Waals surface area contributed by atoms with Gasteiger partial charge in [0.05, 0.1) is 24.0 Å². The van der Waals surface area contributed by atoms with Gasteiger partial charge in [-0.15, -0.1) is 5.10 Å². The summed E-state index contributed by atoms with van der Waals surface area (Å²) in [6.45, 7) is 5.70. The Hall–Kier alpha value is -5.50. The Kier molecular flexibility index (Phi) is 10.3. The lowest BCUT2D eigenvalue weighted by Crippen LogP contribution is -2.45. The van der Waals surface area contributed by atoms with Gasteiger partial charge in [0.2, 0.25) is 8.41 Å². The van der Waals surface area contributed by atoms with E-state index in [-0.39, 0.29) is 30.9 Å². The minimum absolute atomic E-state index is 0.0490. The first-order valence-electron chi connectivity index (χ1n) is 18.1. The zero-order valence-corrected chi connectivity index (χ0v) is 31.4. The van der Waals surface area contributed by atoms with E-state index in [2.05, 4.69) is 20.9 Å². The average Bonchev–Trinajstić information content (AvgIpc) is 3.81. The summed E-state index contributed by atoms with van der Waals surface area (Å²) in [5, 5.41) is 23.5. The number of benzene rings is 4. The topological polar surface area (TPSA) is 139 Å². The van der Waals surface area contributed by atoms with Gasteiger partial charge in [0.25, 0.3) is 17.7 Å². The fraction of sp³-hybridized carbons (Fsp3) is 0.293. The van der Waals surface area contributed by atoms with Gasteiger partial charge in [-0.1, -0.05) is 60.7 Å². The second kappa shape index (κ2) is 15.1. The summed E-state index contributed by atoms with van der Waals surface area (Å²) in [5.41, 5.74) is 2.57. The number of carbonyl (C=O) groups is 3. The molecule has 3 heterocycles. The fourth-order valence-corrected chi connectivity index (χ4v) is 10.5. The lowest BCUT2D eigenvalue weighted by Gasteiger charge is -2.31. The Balaban J connectivity index is 1.23. The predicted molar refractivity (Wildman–Crippen MR) is 206 cm³/mol. The Morgan fingerprint density at radius 1 is 0.907 bits per heavy atom. The van der Waals surface area contributed by atoms with Crippen molar-refractivity contribution in [3.8, 4) is 0 Å². The standard InChI is InChI=1S/C41H43FN6O5Si/c1-27-37(54(2,3)42)36(19-21-47-26-33(20-22-49)45-46-47)53-41(27)34-24-32(44-39(51)30-14-8-5-9-15-30)17-18-35(34)48(40(41)52)25-28-11-10-16-31(23-28)43-38(50)29-12-6-4-7-13-29/h4-18,23-24,26-27,36-37,49H,19-22,25H2,1-3H3,(H,43,50)(H,44,51)/t27-,36+,37-,41+/m1/s1. The minimum atomic E-state index is -3.46. The molecule has 7 rings (SSSR count). The number of halogens is 1. The van der Waals surface area contributed by atoms with E-state index in [0.717, 1.165) is 5.56 Å². The molecule has 1 aromatic heterocycles. The predicted octanol–water partition coefficient (Wildman–Crippen LogP) is 6.73. The van der Waals surface area contributed by atoms with Gasteiger partial charge in [0.1, 0.15) is 0 Å². The minimum Gasteiger partial charge on any atom is -0.396 e. The molecule has 0 aliphatic carbocycles. The number of hydrogen-bond donors (Lipinski definition) is 3. The summed E-state index contributed by atoms with van der Waals surface area (Å²) >= 11 is 0. The zero-order valence-electron chi connectivity index (χ0n) is 30.4. The fourth-order valence-electron chi connectivity index (χ4n) is 8.00. The monoisotopic (exact) mass is 746 g/mol. The van der Waals surface area contributed by atoms with Crippen molar-refractivity contribution in [2.45, 2.75) is 63.2 Å². The van der Waals surface area contributed by atoms with Gasteiger partial charge in [-0.25, -0.2) is 0 Å². The van der Waals surface area contributed by atoms with Crippen molar-refractivity contribution in [2.75, 3.05) is 22.1 Å². The second-order valence-corrected chi connectivity index (χ2v) is 18.3. The highest BCUT2D eigenvalue weighted by Gasteiger charge is 2.66. The third kappa shape index (κ3) is 7.22. The maximum absolute atomic E-state index is 16.5. The molecule has 5 aromatic rings. The summed E-state index contributed by atoms with van der Waals surface area (Å²) in [5.74, 6) is -1.42. The lowest BCUT2D eigenvalue weighted by atomic mass is 9.82. The molecule has 54 heavy (non-hydrogen) atoms. The molecule has 1 spiro atoms. The molecule has 2 aliphatic heterocycles. The van der Waals surface area contributed by atoms with Crippen molar-refractivity contribution in [1.82, 2.24) is 15.0 Å². The Morgan fingerprint density at radius 2 is 1.56 bits per heavy atom. The first kappa shape index (κ1) is 36.8. The van der Waals surface area contributed by atoms with Crippen LogP contribution in [-0.2, 0) is 34.6 Å². The summed E-state index contributed by atoms with van der Waals surface area (Å²) in [4.78, 5) is 42.9. The van der Waals surface area contributed by atoms with E-state index in [0.29, 0.717) is 58.8 Å². The van der Waals surface area contributed by atoms with Crippen LogP contribution in [0.1, 0.15) is 50.9 Å². The molecule has 0 saturated carbocycles. The van der Waals surface area contributed by atoms with E-state index >= 15 is 8.90 Å². The number of carbonyl (C=O) groups excluding carboxylic acids is 3. The number of ether oxygens (including phenoxy) is 1. The number of amides is 3. The average molecular weight is 747 g/mol. The summed E-state index contributed by atoms with van der Waals surface area (Å²) < 4.78 is 25.1. The first-order chi connectivity index (χ1) is 26.0. The van der Waals surface area contributed by atoms with Gasteiger partial charge in [0.15, 0.2) is 5.60 Å². The quantitative estimate of drug-likeness (QED) is 0.0951. The van der Waals surface area contributed by atoms with Crippen LogP contribution in [0, 0.1) is 5.92 Å². The molecule has 278 valence electrons. The van der Waals surface area contributed by atoms with Crippen LogP contribution in [0.25, 0.3) is 0 Å². The van der Waals surface area contributed by atoms with Gasteiger partial charge in [-0.3, -0.25) is 19.1 Å². The van der Waals surface area contributed by atoms with Crippen LogP contribution in [-0.4, -0.2) is 58.9 Å². The molecule has 1 fully saturated rings. The van der Waals surface area contributed by atoms with Crippen LogP contribution in [0.4, 0.5) is 21.2 Å². The van der Waals surface area contributed by atoms with Gasteiger partial charge in [0, 0.05) is 65.3 Å². The number of hydrogen-bond acceptors (Lipinski definition) is 7. The van der Waals surface area contributed by atoms with E-state index in [1.165, 1.54) is 0 Å². The number of aliphatic hydroxyl groups is 1. The molecule has 2 aliphatic rings. The number of aryl methyl sites for hydroxylation is 1. The SMILES string of the molecule is C[C@@H]1[C@@H]([Si](C)(C)F)[C@H](CCn2cc(CCO)nn2)O[C@@]12C(=O)N(Cc1cccc(NC(=O)c3ccccc3)c1)c1ccc(NC(=O)c3ccccc3)cc12. The van der Waals surface area contributed by atoms with Crippen LogP contribution >= 0.6 is 0 Å². The molecule has 4 aromatic carbocycles. The van der Waals surface area contributed by atoms with E-state index in [1.807, 2.05) is 37.3 Å². The van der Waals surface area contributed by atoms with Gasteiger partial charge in [-0.2, -0.15) is 0 Å². The Labute approximate surface area is 314 Å². The highest BCUT2D eigenvalue weighted by Crippen LogP contribution is 2.60. The Bertz CT molecular complexity index is 2160. The summed E-state index contributed by atoms with van der Waals surface area (Å²) in [6, 6.07) is 30.4. The number of rotatable bonds is 12. The summed E-state index contributed by atoms with van der Waals surface area (Å²) in [7, 11) is -3.46. The van der Waals surface area contributed by atoms with Crippen LogP contribution in [0.2, 0.25) is 18.6 Å². The molecule has 3 amide bonds. The van der Waals surface area contributed by atoms with Crippen LogP contribution in [0.3, 0.4) is 0 Å². The molecule has 0 radical (unpaired) electrons. The maximum Gasteiger partial charge on any atom is 0.264 e. The zero-order chi connectivity index (χ0) is 38.0. The van der Waals surface area contributed by atoms with E-state index in [1.54, 1.807) is 102 Å². The lowest BCUT2D eigenvalue weighted by molar-refractivity contribution is -0.146. The number of nitrogens with one attached hydrogen (secondary N) is 2. The molecule has 3 N–H and O–H groups in total. The first-order valence-corrected chi connectivity index (χ1v) is 21.1. The number of aromatic nitrogens is 3. The van der Waals surface area contributed by atoms with Crippen molar-refractivity contribution in [3.63, 3.8) is 0 Å². The Morgan fingerprint density at radius 3 is 2.19 bits per heavy atom. The maximum atomic E-state index is 16.5. The third-order valence-electron chi connectivity index (χ3n) is 10.4. The van der Waals surface area contributed by atoms with Gasteiger partial charge in [-0.05, 0) is 79.7 Å². The molecule has 0 unspecified atom stereocenters. The van der Waals surface area contributed by atoms with Crippen LogP contribution in [0.5, 0.6) is 0 Å². The van der Waals surface area contributed by atoms with Gasteiger partial charge >= 0.3 is 0 Å². The molecular formula is C41H43FN6O5Si. The second-order valence-electron chi connectivity index (χ2n) is 14.5. The van der Waals surface area contributed by atoms with Gasteiger partial charge < -0.3 is 29.5 Å². The normalized spacial score (nSPS) is 20.6. The van der Waals surface area contributed by atoms with E-state index in [9.17, 15) is 14.7 Å².